The molecule has 20 heavy (non-hydrogen) atoms. The molecule has 4 heteroatoms. The molecular formula is C16H16BrNO2. The fraction of sp³-hybridized carbons (Fsp3) is 0.188. The normalized spacial score (nSPS) is 11.9. The van der Waals surface area contributed by atoms with Crippen LogP contribution < -0.4 is 5.32 Å². The number of phenols is 1. The van der Waals surface area contributed by atoms with Crippen molar-refractivity contribution >= 4 is 21.8 Å². The topological polar surface area (TPSA) is 49.3 Å². The minimum absolute atomic E-state index is 0.0749. The summed E-state index contributed by atoms with van der Waals surface area (Å²) in [7, 11) is 0. The maximum Gasteiger partial charge on any atom is 0.251 e. The summed E-state index contributed by atoms with van der Waals surface area (Å²) in [5.41, 5.74) is 2.36. The van der Waals surface area contributed by atoms with Crippen LogP contribution in [0.25, 0.3) is 0 Å². The van der Waals surface area contributed by atoms with E-state index in [-0.39, 0.29) is 16.5 Å². The van der Waals surface area contributed by atoms with Gasteiger partial charge >= 0.3 is 0 Å². The van der Waals surface area contributed by atoms with Crippen molar-refractivity contribution in [2.24, 2.45) is 0 Å². The van der Waals surface area contributed by atoms with Crippen LogP contribution in [0.5, 0.6) is 5.75 Å². The number of halogens is 1. The van der Waals surface area contributed by atoms with Crippen LogP contribution in [-0.2, 0) is 0 Å². The van der Waals surface area contributed by atoms with Crippen LogP contribution >= 0.6 is 15.9 Å². The van der Waals surface area contributed by atoms with Gasteiger partial charge in [-0.2, -0.15) is 0 Å². The van der Waals surface area contributed by atoms with Gasteiger partial charge in [-0.05, 0) is 36.2 Å². The van der Waals surface area contributed by atoms with E-state index >= 15 is 0 Å². The van der Waals surface area contributed by atoms with Crippen LogP contribution in [0.4, 0.5) is 0 Å². The highest BCUT2D eigenvalue weighted by molar-refractivity contribution is 9.09. The second-order valence-electron chi connectivity index (χ2n) is 4.59. The van der Waals surface area contributed by atoms with Crippen molar-refractivity contribution in [2.75, 3.05) is 6.54 Å². The van der Waals surface area contributed by atoms with Crippen LogP contribution in [0, 0.1) is 6.92 Å². The van der Waals surface area contributed by atoms with Crippen LogP contribution in [0.1, 0.15) is 26.3 Å². The summed E-state index contributed by atoms with van der Waals surface area (Å²) in [6.07, 6.45) is 0. The molecule has 1 amide bonds. The molecular weight excluding hydrogens is 318 g/mol. The van der Waals surface area contributed by atoms with Crippen LogP contribution in [-0.4, -0.2) is 17.6 Å². The minimum Gasteiger partial charge on any atom is -0.508 e. The molecule has 2 aromatic carbocycles. The van der Waals surface area contributed by atoms with E-state index in [2.05, 4.69) is 21.2 Å². The van der Waals surface area contributed by atoms with Crippen molar-refractivity contribution < 1.29 is 9.90 Å². The first-order valence-corrected chi connectivity index (χ1v) is 7.26. The second-order valence-corrected chi connectivity index (χ2v) is 5.69. The molecule has 0 aliphatic carbocycles. The highest BCUT2D eigenvalue weighted by atomic mass is 79.9. The van der Waals surface area contributed by atoms with Gasteiger partial charge < -0.3 is 10.4 Å². The van der Waals surface area contributed by atoms with Gasteiger partial charge in [-0.25, -0.2) is 0 Å². The lowest BCUT2D eigenvalue weighted by atomic mass is 10.1. The van der Waals surface area contributed by atoms with Crippen molar-refractivity contribution in [2.45, 2.75) is 11.8 Å². The number of hydrogen-bond donors (Lipinski definition) is 2. The molecule has 1 atom stereocenters. The minimum atomic E-state index is -0.145. The van der Waals surface area contributed by atoms with E-state index in [1.165, 1.54) is 6.07 Å². The summed E-state index contributed by atoms with van der Waals surface area (Å²) in [6, 6.07) is 14.7. The van der Waals surface area contributed by atoms with Gasteiger partial charge in [0.15, 0.2) is 0 Å². The number of aromatic hydroxyl groups is 1. The molecule has 0 aromatic heterocycles. The molecule has 0 heterocycles. The predicted octanol–water partition coefficient (Wildman–Crippen LogP) is 3.57. The van der Waals surface area contributed by atoms with Crippen LogP contribution in [0.2, 0.25) is 0 Å². The van der Waals surface area contributed by atoms with Crippen molar-refractivity contribution in [3.05, 3.63) is 65.2 Å². The van der Waals surface area contributed by atoms with Crippen molar-refractivity contribution in [3.63, 3.8) is 0 Å². The Balaban J connectivity index is 1.97. The monoisotopic (exact) mass is 333 g/mol. The van der Waals surface area contributed by atoms with E-state index in [4.69, 9.17) is 0 Å². The zero-order valence-corrected chi connectivity index (χ0v) is 12.7. The number of carbonyl (C=O) groups is 1. The molecule has 0 radical (unpaired) electrons. The van der Waals surface area contributed by atoms with E-state index in [0.29, 0.717) is 17.7 Å². The summed E-state index contributed by atoms with van der Waals surface area (Å²) in [4.78, 5) is 12.1. The third-order valence-electron chi connectivity index (χ3n) is 3.06. The van der Waals surface area contributed by atoms with Crippen LogP contribution in [0.3, 0.4) is 0 Å². The molecule has 1 unspecified atom stereocenters. The first-order valence-electron chi connectivity index (χ1n) is 6.35. The van der Waals surface area contributed by atoms with Gasteiger partial charge in [0.1, 0.15) is 5.75 Å². The van der Waals surface area contributed by atoms with Gasteiger partial charge in [0, 0.05) is 12.1 Å². The Morgan fingerprint density at radius 2 is 1.95 bits per heavy atom. The fourth-order valence-electron chi connectivity index (χ4n) is 1.86. The van der Waals surface area contributed by atoms with Gasteiger partial charge in [-0.3, -0.25) is 4.79 Å². The predicted molar refractivity (Wildman–Crippen MR) is 83.3 cm³/mol. The lowest BCUT2D eigenvalue weighted by molar-refractivity contribution is 0.0954. The van der Waals surface area contributed by atoms with Gasteiger partial charge in [-0.1, -0.05) is 46.3 Å². The number of phenolic OH excluding ortho intramolecular Hbond substituents is 1. The first kappa shape index (κ1) is 14.6. The number of benzene rings is 2. The van der Waals surface area contributed by atoms with Gasteiger partial charge in [0.25, 0.3) is 5.91 Å². The van der Waals surface area contributed by atoms with E-state index in [1.54, 1.807) is 19.1 Å². The van der Waals surface area contributed by atoms with Crippen molar-refractivity contribution in [3.8, 4) is 5.75 Å². The highest BCUT2D eigenvalue weighted by Gasteiger charge is 2.11. The summed E-state index contributed by atoms with van der Waals surface area (Å²) in [5, 5.41) is 12.3. The molecule has 104 valence electrons. The third-order valence-corrected chi connectivity index (χ3v) is 3.91. The first-order chi connectivity index (χ1) is 9.58. The average Bonchev–Trinajstić information content (AvgIpc) is 2.48. The van der Waals surface area contributed by atoms with Gasteiger partial charge in [0.2, 0.25) is 0 Å². The Kier molecular flexibility index (Phi) is 4.79. The lowest BCUT2D eigenvalue weighted by Crippen LogP contribution is -2.26. The van der Waals surface area contributed by atoms with E-state index in [0.717, 1.165) is 5.56 Å². The quantitative estimate of drug-likeness (QED) is 0.840. The van der Waals surface area contributed by atoms with E-state index in [1.807, 2.05) is 30.3 Å². The summed E-state index contributed by atoms with van der Waals surface area (Å²) >= 11 is 3.56. The number of rotatable bonds is 4. The maximum atomic E-state index is 12.0. The summed E-state index contributed by atoms with van der Waals surface area (Å²) in [6.45, 7) is 2.27. The molecule has 0 saturated carbocycles. The smallest absolute Gasteiger partial charge is 0.251 e. The molecule has 0 aliphatic rings. The molecule has 3 nitrogen and oxygen atoms in total. The summed E-state index contributed by atoms with van der Waals surface area (Å²) in [5.74, 6) is 0.0534. The van der Waals surface area contributed by atoms with E-state index < -0.39 is 0 Å². The van der Waals surface area contributed by atoms with Gasteiger partial charge in [-0.15, -0.1) is 0 Å². The molecule has 2 rings (SSSR count). The molecule has 0 spiro atoms. The number of amides is 1. The Labute approximate surface area is 126 Å². The fourth-order valence-corrected chi connectivity index (χ4v) is 2.33. The molecule has 0 saturated heterocycles. The highest BCUT2D eigenvalue weighted by Crippen LogP contribution is 2.21. The number of aryl methyl sites for hydroxylation is 1. The maximum absolute atomic E-state index is 12.0. The number of nitrogens with one attached hydrogen (secondary N) is 1. The zero-order valence-electron chi connectivity index (χ0n) is 11.1. The average molecular weight is 334 g/mol. The van der Waals surface area contributed by atoms with E-state index in [9.17, 15) is 9.90 Å². The van der Waals surface area contributed by atoms with Crippen molar-refractivity contribution in [1.82, 2.24) is 5.32 Å². The molecule has 2 N–H and O–H groups in total. The SMILES string of the molecule is Cc1cc(C(=O)NCC(Br)c2ccccc2)ccc1O. The Hall–Kier alpha value is -1.81. The molecule has 0 fully saturated rings. The number of carbonyl (C=O) groups excluding carboxylic acids is 1. The Morgan fingerprint density at radius 1 is 1.25 bits per heavy atom. The Bertz CT molecular complexity index is 599. The second kappa shape index (κ2) is 6.57. The number of alkyl halides is 1. The summed E-state index contributed by atoms with van der Waals surface area (Å²) < 4.78 is 0. The Morgan fingerprint density at radius 3 is 2.60 bits per heavy atom. The lowest BCUT2D eigenvalue weighted by Gasteiger charge is -2.12. The van der Waals surface area contributed by atoms with Crippen LogP contribution in [0.15, 0.2) is 48.5 Å². The van der Waals surface area contributed by atoms with Gasteiger partial charge in [0.05, 0.1) is 4.83 Å². The van der Waals surface area contributed by atoms with Crippen molar-refractivity contribution in [1.29, 1.82) is 0 Å². The molecule has 2 aromatic rings. The zero-order chi connectivity index (χ0) is 14.5. The standard InChI is InChI=1S/C16H16BrNO2/c1-11-9-13(7-8-15(11)19)16(20)18-10-14(17)12-5-3-2-4-6-12/h2-9,14,19H,10H2,1H3,(H,18,20). The third kappa shape index (κ3) is 3.61. The molecule has 0 bridgehead atoms. The number of hydrogen-bond acceptors (Lipinski definition) is 2. The molecule has 0 aliphatic heterocycles. The largest absolute Gasteiger partial charge is 0.508 e.